The van der Waals surface area contributed by atoms with E-state index in [-0.39, 0.29) is 0 Å². The largest absolute Gasteiger partial charge is 0.367 e. The zero-order chi connectivity index (χ0) is 11.5. The van der Waals surface area contributed by atoms with E-state index in [0.717, 1.165) is 40.2 Å². The molecule has 1 fully saturated rings. The Morgan fingerprint density at radius 3 is 2.81 bits per heavy atom. The Balaban J connectivity index is 2.01. The molecule has 1 aliphatic rings. The highest BCUT2D eigenvalue weighted by atomic mass is 79.9. The first-order valence-electron chi connectivity index (χ1n) is 5.39. The average molecular weight is 303 g/mol. The number of rotatable bonds is 2. The SMILES string of the molecule is Cc1cc(Br)cnc1NC1CCS(=O)CC1. The van der Waals surface area contributed by atoms with E-state index >= 15 is 0 Å². The Bertz CT molecular complexity index is 401. The molecule has 0 saturated carbocycles. The van der Waals surface area contributed by atoms with Gasteiger partial charge in [0.1, 0.15) is 5.82 Å². The molecule has 0 aromatic carbocycles. The molecule has 0 amide bonds. The lowest BCUT2D eigenvalue weighted by Gasteiger charge is -2.23. The van der Waals surface area contributed by atoms with Crippen molar-refractivity contribution in [3.8, 4) is 0 Å². The Kier molecular flexibility index (Phi) is 3.97. The van der Waals surface area contributed by atoms with Gasteiger partial charge in [-0.3, -0.25) is 4.21 Å². The second-order valence-electron chi connectivity index (χ2n) is 4.09. The third kappa shape index (κ3) is 3.04. The maximum absolute atomic E-state index is 11.2. The predicted octanol–water partition coefficient (Wildman–Crippen LogP) is 2.48. The van der Waals surface area contributed by atoms with Crippen LogP contribution in [0, 0.1) is 6.92 Å². The molecule has 1 saturated heterocycles. The molecule has 3 nitrogen and oxygen atoms in total. The van der Waals surface area contributed by atoms with Gasteiger partial charge in [0, 0.05) is 39.0 Å². The minimum absolute atomic E-state index is 0.421. The molecular weight excluding hydrogens is 288 g/mol. The molecule has 0 radical (unpaired) electrons. The molecule has 16 heavy (non-hydrogen) atoms. The molecule has 5 heteroatoms. The lowest BCUT2D eigenvalue weighted by Crippen LogP contribution is -2.29. The van der Waals surface area contributed by atoms with E-state index in [2.05, 4.69) is 32.3 Å². The second-order valence-corrected chi connectivity index (χ2v) is 6.70. The van der Waals surface area contributed by atoms with Crippen molar-refractivity contribution >= 4 is 32.5 Å². The van der Waals surface area contributed by atoms with Crippen molar-refractivity contribution in [2.75, 3.05) is 16.8 Å². The summed E-state index contributed by atoms with van der Waals surface area (Å²) in [7, 11) is -0.596. The van der Waals surface area contributed by atoms with Crippen LogP contribution in [-0.2, 0) is 10.8 Å². The number of pyridine rings is 1. The quantitative estimate of drug-likeness (QED) is 0.912. The van der Waals surface area contributed by atoms with Crippen molar-refractivity contribution in [1.29, 1.82) is 0 Å². The van der Waals surface area contributed by atoms with Gasteiger partial charge >= 0.3 is 0 Å². The van der Waals surface area contributed by atoms with Crippen LogP contribution in [0.1, 0.15) is 18.4 Å². The molecule has 0 unspecified atom stereocenters. The second kappa shape index (κ2) is 5.27. The lowest BCUT2D eigenvalue weighted by molar-refractivity contribution is 0.622. The van der Waals surface area contributed by atoms with Crippen LogP contribution >= 0.6 is 15.9 Å². The van der Waals surface area contributed by atoms with E-state index in [1.54, 1.807) is 6.20 Å². The topological polar surface area (TPSA) is 42.0 Å². The maximum atomic E-state index is 11.2. The molecule has 2 rings (SSSR count). The van der Waals surface area contributed by atoms with E-state index in [1.165, 1.54) is 0 Å². The first kappa shape index (κ1) is 12.0. The minimum atomic E-state index is -0.596. The fourth-order valence-electron chi connectivity index (χ4n) is 1.82. The van der Waals surface area contributed by atoms with Crippen LogP contribution < -0.4 is 5.32 Å². The summed E-state index contributed by atoms with van der Waals surface area (Å²) in [5.41, 5.74) is 1.14. The molecule has 0 bridgehead atoms. The predicted molar refractivity (Wildman–Crippen MR) is 71.2 cm³/mol. The molecule has 1 N–H and O–H groups in total. The monoisotopic (exact) mass is 302 g/mol. The van der Waals surface area contributed by atoms with Crippen LogP contribution in [-0.4, -0.2) is 26.7 Å². The number of hydrogen-bond acceptors (Lipinski definition) is 3. The van der Waals surface area contributed by atoms with Gasteiger partial charge in [0.2, 0.25) is 0 Å². The third-order valence-corrected chi connectivity index (χ3v) is 4.59. The summed E-state index contributed by atoms with van der Waals surface area (Å²) in [4.78, 5) is 4.36. The van der Waals surface area contributed by atoms with Crippen molar-refractivity contribution in [1.82, 2.24) is 4.98 Å². The zero-order valence-corrected chi connectivity index (χ0v) is 11.6. The molecule has 2 heterocycles. The van der Waals surface area contributed by atoms with Crippen LogP contribution in [0.25, 0.3) is 0 Å². The molecule has 0 atom stereocenters. The van der Waals surface area contributed by atoms with Gasteiger partial charge in [-0.25, -0.2) is 4.98 Å². The molecule has 1 aromatic rings. The Morgan fingerprint density at radius 1 is 1.50 bits per heavy atom. The van der Waals surface area contributed by atoms with E-state index < -0.39 is 10.8 Å². The highest BCUT2D eigenvalue weighted by molar-refractivity contribution is 9.10. The fraction of sp³-hybridized carbons (Fsp3) is 0.545. The van der Waals surface area contributed by atoms with Gasteiger partial charge in [0.15, 0.2) is 0 Å². The van der Waals surface area contributed by atoms with Gasteiger partial charge in [0.25, 0.3) is 0 Å². The minimum Gasteiger partial charge on any atom is -0.367 e. The summed E-state index contributed by atoms with van der Waals surface area (Å²) in [6.45, 7) is 2.04. The van der Waals surface area contributed by atoms with Crippen LogP contribution in [0.15, 0.2) is 16.7 Å². The van der Waals surface area contributed by atoms with Gasteiger partial charge in [-0.15, -0.1) is 0 Å². The Labute approximate surface area is 107 Å². The van der Waals surface area contributed by atoms with E-state index in [4.69, 9.17) is 0 Å². The molecule has 1 aliphatic heterocycles. The van der Waals surface area contributed by atoms with Gasteiger partial charge in [-0.05, 0) is 47.3 Å². The smallest absolute Gasteiger partial charge is 0.129 e. The Hall–Kier alpha value is -0.420. The molecule has 1 aromatic heterocycles. The van der Waals surface area contributed by atoms with Crippen LogP contribution in [0.3, 0.4) is 0 Å². The summed E-state index contributed by atoms with van der Waals surface area (Å²) in [5.74, 6) is 2.57. The highest BCUT2D eigenvalue weighted by Gasteiger charge is 2.18. The third-order valence-electron chi connectivity index (χ3n) is 2.77. The molecular formula is C11H15BrN2OS. The van der Waals surface area contributed by atoms with Crippen LogP contribution in [0.2, 0.25) is 0 Å². The number of nitrogens with zero attached hydrogens (tertiary/aromatic N) is 1. The van der Waals surface area contributed by atoms with Gasteiger partial charge in [-0.1, -0.05) is 0 Å². The van der Waals surface area contributed by atoms with Crippen LogP contribution in [0.4, 0.5) is 5.82 Å². The number of hydrogen-bond donors (Lipinski definition) is 1. The van der Waals surface area contributed by atoms with E-state index in [1.807, 2.05) is 6.92 Å². The van der Waals surface area contributed by atoms with Crippen molar-refractivity contribution < 1.29 is 4.21 Å². The summed E-state index contributed by atoms with van der Waals surface area (Å²) < 4.78 is 12.2. The van der Waals surface area contributed by atoms with Crippen molar-refractivity contribution in [3.05, 3.63) is 22.3 Å². The highest BCUT2D eigenvalue weighted by Crippen LogP contribution is 2.20. The Morgan fingerprint density at radius 2 is 2.19 bits per heavy atom. The van der Waals surface area contributed by atoms with Crippen molar-refractivity contribution in [2.24, 2.45) is 0 Å². The lowest BCUT2D eigenvalue weighted by atomic mass is 10.1. The van der Waals surface area contributed by atoms with Crippen LogP contribution in [0.5, 0.6) is 0 Å². The van der Waals surface area contributed by atoms with Gasteiger partial charge in [0.05, 0.1) is 0 Å². The summed E-state index contributed by atoms with van der Waals surface area (Å²) in [6, 6.07) is 2.47. The normalized spacial score (nSPS) is 25.4. The maximum Gasteiger partial charge on any atom is 0.129 e. The summed E-state index contributed by atoms with van der Waals surface area (Å²) in [6.07, 6.45) is 3.75. The van der Waals surface area contributed by atoms with E-state index in [9.17, 15) is 4.21 Å². The summed E-state index contributed by atoms with van der Waals surface area (Å²) >= 11 is 3.40. The molecule has 0 spiro atoms. The first-order chi connectivity index (χ1) is 7.65. The first-order valence-corrected chi connectivity index (χ1v) is 7.67. The number of aromatic nitrogens is 1. The standard InChI is InChI=1S/C11H15BrN2OS/c1-8-6-9(12)7-13-11(8)14-10-2-4-16(15)5-3-10/h6-7,10H,2-5H2,1H3,(H,13,14). The number of anilines is 1. The average Bonchev–Trinajstić information content (AvgIpc) is 2.25. The molecule has 88 valence electrons. The number of nitrogens with one attached hydrogen (secondary N) is 1. The number of halogens is 1. The summed E-state index contributed by atoms with van der Waals surface area (Å²) in [5, 5.41) is 3.43. The molecule has 0 aliphatic carbocycles. The van der Waals surface area contributed by atoms with Crippen molar-refractivity contribution in [2.45, 2.75) is 25.8 Å². The van der Waals surface area contributed by atoms with Crippen molar-refractivity contribution in [3.63, 3.8) is 0 Å². The zero-order valence-electron chi connectivity index (χ0n) is 9.20. The van der Waals surface area contributed by atoms with Gasteiger partial charge in [-0.2, -0.15) is 0 Å². The fourth-order valence-corrected chi connectivity index (χ4v) is 3.57. The number of aryl methyl sites for hydroxylation is 1. The van der Waals surface area contributed by atoms with E-state index in [0.29, 0.717) is 6.04 Å². The van der Waals surface area contributed by atoms with Gasteiger partial charge < -0.3 is 5.32 Å².